The minimum atomic E-state index is -3.46. The highest BCUT2D eigenvalue weighted by Crippen LogP contribution is 2.46. The molecule has 0 amide bonds. The lowest BCUT2D eigenvalue weighted by atomic mass is 9.76. The molecule has 0 aromatic heterocycles. The van der Waals surface area contributed by atoms with Gasteiger partial charge in [-0.3, -0.25) is 0 Å². The van der Waals surface area contributed by atoms with E-state index in [-0.39, 0.29) is 17.1 Å². The lowest BCUT2D eigenvalue weighted by Gasteiger charge is -2.39. The molecular weight excluding hydrogens is 358 g/mol. The summed E-state index contributed by atoms with van der Waals surface area (Å²) >= 11 is 0. The van der Waals surface area contributed by atoms with Crippen LogP contribution in [-0.4, -0.2) is 27.8 Å². The smallest absolute Gasteiger partial charge is 0.181 e. The van der Waals surface area contributed by atoms with Gasteiger partial charge in [-0.2, -0.15) is 0 Å². The summed E-state index contributed by atoms with van der Waals surface area (Å²) in [5.74, 6) is 0.996. The zero-order chi connectivity index (χ0) is 19.8. The molecule has 0 bridgehead atoms. The number of sulfone groups is 1. The second kappa shape index (κ2) is 7.19. The van der Waals surface area contributed by atoms with Crippen LogP contribution in [0.25, 0.3) is 0 Å². The number of nitrogens with zero attached hydrogens (tertiary/aromatic N) is 1. The molecule has 1 heterocycles. The predicted molar refractivity (Wildman–Crippen MR) is 111 cm³/mol. The largest absolute Gasteiger partial charge is 0.496 e. The molecule has 1 aliphatic rings. The van der Waals surface area contributed by atoms with E-state index in [1.807, 2.05) is 43.3 Å². The van der Waals surface area contributed by atoms with E-state index >= 15 is 0 Å². The fourth-order valence-corrected chi connectivity index (χ4v) is 6.36. The van der Waals surface area contributed by atoms with Crippen molar-refractivity contribution in [1.29, 1.82) is 0 Å². The monoisotopic (exact) mass is 387 g/mol. The van der Waals surface area contributed by atoms with Crippen molar-refractivity contribution in [2.75, 3.05) is 24.3 Å². The fraction of sp³-hybridized carbons (Fsp3) is 0.455. The molecule has 0 radical (unpaired) electrons. The Morgan fingerprint density at radius 2 is 1.85 bits per heavy atom. The molecule has 1 aliphatic heterocycles. The van der Waals surface area contributed by atoms with E-state index in [2.05, 4.69) is 25.7 Å². The summed E-state index contributed by atoms with van der Waals surface area (Å²) in [7, 11) is -1.87. The van der Waals surface area contributed by atoms with Crippen molar-refractivity contribution < 1.29 is 13.2 Å². The van der Waals surface area contributed by atoms with E-state index in [0.29, 0.717) is 17.2 Å². The number of methoxy groups -OCH3 is 1. The average Bonchev–Trinajstić information content (AvgIpc) is 2.74. The summed E-state index contributed by atoms with van der Waals surface area (Å²) in [6.45, 7) is 8.98. The quantitative estimate of drug-likeness (QED) is 0.742. The van der Waals surface area contributed by atoms with Gasteiger partial charge in [-0.25, -0.2) is 8.42 Å². The summed E-state index contributed by atoms with van der Waals surface area (Å²) < 4.78 is 32.3. The molecule has 3 rings (SSSR count). The van der Waals surface area contributed by atoms with Gasteiger partial charge in [0.1, 0.15) is 5.75 Å². The number of aryl methyl sites for hydroxylation is 1. The maximum absolute atomic E-state index is 13.4. The number of ether oxygens (including phenoxy) is 1. The SMILES string of the molecule is CCC1(C(C)C)CN(c2ccccc2)c2cc(C)c(OC)cc2S(=O)(=O)C1. The summed E-state index contributed by atoms with van der Waals surface area (Å²) in [6.07, 6.45) is 0.803. The van der Waals surface area contributed by atoms with Gasteiger partial charge in [0.25, 0.3) is 0 Å². The number of hydrogen-bond acceptors (Lipinski definition) is 4. The number of fused-ring (bicyclic) bond motifs is 1. The maximum Gasteiger partial charge on any atom is 0.181 e. The van der Waals surface area contributed by atoms with Crippen molar-refractivity contribution in [2.24, 2.45) is 11.3 Å². The third-order valence-electron chi connectivity index (χ3n) is 6.05. The Morgan fingerprint density at radius 3 is 2.41 bits per heavy atom. The van der Waals surface area contributed by atoms with E-state index < -0.39 is 9.84 Å². The highest BCUT2D eigenvalue weighted by molar-refractivity contribution is 7.91. The van der Waals surface area contributed by atoms with Crippen LogP contribution in [0.2, 0.25) is 0 Å². The number of anilines is 2. The normalized spacial score (nSPS) is 21.6. The van der Waals surface area contributed by atoms with Gasteiger partial charge in [0, 0.05) is 23.7 Å². The van der Waals surface area contributed by atoms with Crippen molar-refractivity contribution >= 4 is 21.2 Å². The van der Waals surface area contributed by atoms with Crippen LogP contribution in [0.3, 0.4) is 0 Å². The molecule has 0 fully saturated rings. The summed E-state index contributed by atoms with van der Waals surface area (Å²) in [4.78, 5) is 2.54. The van der Waals surface area contributed by atoms with Gasteiger partial charge in [0.05, 0.1) is 23.4 Å². The Balaban J connectivity index is 2.32. The van der Waals surface area contributed by atoms with Crippen molar-refractivity contribution in [3.8, 4) is 5.75 Å². The summed E-state index contributed by atoms with van der Waals surface area (Å²) in [6, 6.07) is 13.7. The molecule has 0 aliphatic carbocycles. The fourth-order valence-electron chi connectivity index (χ4n) is 4.05. The number of rotatable bonds is 4. The second-order valence-electron chi connectivity index (χ2n) is 7.84. The third kappa shape index (κ3) is 3.45. The first-order chi connectivity index (χ1) is 12.7. The van der Waals surface area contributed by atoms with Gasteiger partial charge >= 0.3 is 0 Å². The van der Waals surface area contributed by atoms with Gasteiger partial charge in [-0.05, 0) is 43.0 Å². The maximum atomic E-state index is 13.4. The molecular formula is C22H29NO3S. The van der Waals surface area contributed by atoms with Crippen LogP contribution in [-0.2, 0) is 9.84 Å². The molecule has 146 valence electrons. The van der Waals surface area contributed by atoms with Gasteiger partial charge < -0.3 is 9.64 Å². The zero-order valence-electron chi connectivity index (χ0n) is 16.8. The average molecular weight is 388 g/mol. The first-order valence-electron chi connectivity index (χ1n) is 9.48. The minimum Gasteiger partial charge on any atom is -0.496 e. The van der Waals surface area contributed by atoms with Crippen LogP contribution in [0, 0.1) is 18.3 Å². The van der Waals surface area contributed by atoms with Gasteiger partial charge in [-0.15, -0.1) is 0 Å². The minimum absolute atomic E-state index is 0.150. The molecule has 27 heavy (non-hydrogen) atoms. The topological polar surface area (TPSA) is 46.6 Å². The highest BCUT2D eigenvalue weighted by Gasteiger charge is 2.43. The van der Waals surface area contributed by atoms with Crippen LogP contribution in [0.5, 0.6) is 5.75 Å². The van der Waals surface area contributed by atoms with Crippen molar-refractivity contribution in [1.82, 2.24) is 0 Å². The van der Waals surface area contributed by atoms with Crippen LogP contribution >= 0.6 is 0 Å². The van der Waals surface area contributed by atoms with E-state index in [4.69, 9.17) is 4.74 Å². The van der Waals surface area contributed by atoms with E-state index in [9.17, 15) is 8.42 Å². The van der Waals surface area contributed by atoms with E-state index in [1.165, 1.54) is 0 Å². The molecule has 0 saturated heterocycles. The Hall–Kier alpha value is -2.01. The third-order valence-corrected chi connectivity index (χ3v) is 8.00. The van der Waals surface area contributed by atoms with Crippen LogP contribution in [0.4, 0.5) is 11.4 Å². The summed E-state index contributed by atoms with van der Waals surface area (Å²) in [5.41, 5.74) is 2.37. The predicted octanol–water partition coefficient (Wildman–Crippen LogP) is 4.98. The summed E-state index contributed by atoms with van der Waals surface area (Å²) in [5, 5.41) is 0. The second-order valence-corrected chi connectivity index (χ2v) is 9.80. The Labute approximate surface area is 163 Å². The standard InChI is InChI=1S/C22H29NO3S/c1-6-22(16(2)3)14-23(18-10-8-7-9-11-18)19-12-17(4)20(26-5)13-21(19)27(24,25)15-22/h7-13,16H,6,14-15H2,1-5H3. The Bertz CT molecular complexity index is 922. The molecule has 2 aromatic carbocycles. The lowest BCUT2D eigenvalue weighted by molar-refractivity contribution is 0.224. The van der Waals surface area contributed by atoms with Gasteiger partial charge in [-0.1, -0.05) is 39.0 Å². The van der Waals surface area contributed by atoms with Crippen LogP contribution in [0.1, 0.15) is 32.8 Å². The van der Waals surface area contributed by atoms with E-state index in [1.54, 1.807) is 13.2 Å². The van der Waals surface area contributed by atoms with E-state index in [0.717, 1.165) is 23.4 Å². The molecule has 5 heteroatoms. The number of hydrogen-bond donors (Lipinski definition) is 0. The van der Waals surface area contributed by atoms with Crippen molar-refractivity contribution in [3.63, 3.8) is 0 Å². The Kier molecular flexibility index (Phi) is 5.26. The van der Waals surface area contributed by atoms with Crippen LogP contribution in [0.15, 0.2) is 47.4 Å². The first-order valence-corrected chi connectivity index (χ1v) is 11.1. The molecule has 1 atom stereocenters. The number of benzene rings is 2. The van der Waals surface area contributed by atoms with Gasteiger partial charge in [0.15, 0.2) is 9.84 Å². The number of para-hydroxylation sites is 1. The molecule has 0 N–H and O–H groups in total. The molecule has 0 spiro atoms. The zero-order valence-corrected chi connectivity index (χ0v) is 17.6. The van der Waals surface area contributed by atoms with Gasteiger partial charge in [0.2, 0.25) is 0 Å². The molecule has 0 saturated carbocycles. The molecule has 1 unspecified atom stereocenters. The molecule has 2 aromatic rings. The Morgan fingerprint density at radius 1 is 1.19 bits per heavy atom. The lowest BCUT2D eigenvalue weighted by Crippen LogP contribution is -2.41. The van der Waals surface area contributed by atoms with Crippen LogP contribution < -0.4 is 9.64 Å². The van der Waals surface area contributed by atoms with Crippen molar-refractivity contribution in [2.45, 2.75) is 39.0 Å². The van der Waals surface area contributed by atoms with Crippen molar-refractivity contribution in [3.05, 3.63) is 48.0 Å². The molecule has 4 nitrogen and oxygen atoms in total. The first kappa shape index (κ1) is 19.7. The highest BCUT2D eigenvalue weighted by atomic mass is 32.2.